The van der Waals surface area contributed by atoms with Crippen LogP contribution in [0, 0.1) is 0 Å². The molecule has 0 spiro atoms. The number of hydrogen-bond donors (Lipinski definition) is 2. The van der Waals surface area contributed by atoms with E-state index in [1.54, 1.807) is 6.07 Å². The first kappa shape index (κ1) is 8.74. The smallest absolute Gasteiger partial charge is 0.123 e. The van der Waals surface area contributed by atoms with E-state index in [4.69, 9.17) is 5.73 Å². The lowest BCUT2D eigenvalue weighted by Crippen LogP contribution is -2.18. The molecule has 1 aliphatic rings. The zero-order valence-corrected chi connectivity index (χ0v) is 8.40. The van der Waals surface area contributed by atoms with Crippen LogP contribution in [0.25, 0.3) is 10.8 Å². The number of benzene rings is 2. The van der Waals surface area contributed by atoms with Gasteiger partial charge in [0.25, 0.3) is 0 Å². The Balaban J connectivity index is 2.25. The van der Waals surface area contributed by atoms with Gasteiger partial charge in [0, 0.05) is 10.9 Å². The third-order valence-corrected chi connectivity index (χ3v) is 3.22. The van der Waals surface area contributed by atoms with Crippen molar-refractivity contribution in [2.75, 3.05) is 0 Å². The summed E-state index contributed by atoms with van der Waals surface area (Å²) in [5.74, 6) is 0.332. The van der Waals surface area contributed by atoms with Gasteiger partial charge < -0.3 is 10.8 Å². The fraction of sp³-hybridized carbons (Fsp3) is 0.231. The van der Waals surface area contributed by atoms with Crippen molar-refractivity contribution < 1.29 is 5.11 Å². The van der Waals surface area contributed by atoms with E-state index < -0.39 is 0 Å². The summed E-state index contributed by atoms with van der Waals surface area (Å²) in [4.78, 5) is 0. The number of aromatic hydroxyl groups is 1. The van der Waals surface area contributed by atoms with Crippen molar-refractivity contribution in [2.24, 2.45) is 5.73 Å². The quantitative estimate of drug-likeness (QED) is 0.741. The fourth-order valence-corrected chi connectivity index (χ4v) is 1.99. The molecule has 1 saturated carbocycles. The fourth-order valence-electron chi connectivity index (χ4n) is 1.99. The Morgan fingerprint density at radius 2 is 1.93 bits per heavy atom. The number of fused-ring (bicyclic) bond motifs is 1. The molecule has 0 saturated heterocycles. The van der Waals surface area contributed by atoms with Gasteiger partial charge in [-0.05, 0) is 35.9 Å². The van der Waals surface area contributed by atoms with Crippen LogP contribution in [0.15, 0.2) is 36.4 Å². The molecule has 3 N–H and O–H groups in total. The largest absolute Gasteiger partial charge is 0.507 e. The SMILES string of the molecule is NC1(c2ccc3cccc(O)c3c2)CC1. The number of rotatable bonds is 1. The summed E-state index contributed by atoms with van der Waals surface area (Å²) in [5.41, 5.74) is 7.13. The van der Waals surface area contributed by atoms with E-state index in [1.807, 2.05) is 24.3 Å². The first-order valence-electron chi connectivity index (χ1n) is 5.20. The minimum absolute atomic E-state index is 0.129. The first-order chi connectivity index (χ1) is 7.19. The topological polar surface area (TPSA) is 46.2 Å². The Hall–Kier alpha value is -1.54. The summed E-state index contributed by atoms with van der Waals surface area (Å²) in [5, 5.41) is 11.7. The molecule has 0 bridgehead atoms. The molecular formula is C13H13NO. The molecule has 3 rings (SSSR count). The molecule has 2 heteroatoms. The van der Waals surface area contributed by atoms with Crippen LogP contribution in [0.2, 0.25) is 0 Å². The average molecular weight is 199 g/mol. The summed E-state index contributed by atoms with van der Waals surface area (Å²) in [7, 11) is 0. The van der Waals surface area contributed by atoms with Crippen LogP contribution in [-0.2, 0) is 5.54 Å². The molecule has 2 aromatic rings. The summed E-state index contributed by atoms with van der Waals surface area (Å²) < 4.78 is 0. The molecule has 15 heavy (non-hydrogen) atoms. The third kappa shape index (κ3) is 1.29. The minimum Gasteiger partial charge on any atom is -0.507 e. The Morgan fingerprint density at radius 3 is 2.67 bits per heavy atom. The molecular weight excluding hydrogens is 186 g/mol. The Kier molecular flexibility index (Phi) is 1.59. The molecule has 76 valence electrons. The molecule has 2 nitrogen and oxygen atoms in total. The van der Waals surface area contributed by atoms with E-state index in [0.717, 1.165) is 29.2 Å². The summed E-state index contributed by atoms with van der Waals surface area (Å²) in [6, 6.07) is 11.7. The highest BCUT2D eigenvalue weighted by molar-refractivity contribution is 5.88. The van der Waals surface area contributed by atoms with Gasteiger partial charge in [-0.15, -0.1) is 0 Å². The lowest BCUT2D eigenvalue weighted by molar-refractivity contribution is 0.481. The Bertz CT molecular complexity index is 529. The van der Waals surface area contributed by atoms with Crippen molar-refractivity contribution >= 4 is 10.8 Å². The average Bonchev–Trinajstić information content (AvgIpc) is 2.98. The predicted octanol–water partition coefficient (Wildman–Crippen LogP) is 2.49. The van der Waals surface area contributed by atoms with Crippen molar-refractivity contribution in [3.8, 4) is 5.75 Å². The molecule has 1 fully saturated rings. The van der Waals surface area contributed by atoms with Gasteiger partial charge in [-0.1, -0.05) is 24.3 Å². The maximum absolute atomic E-state index is 9.74. The normalized spacial score (nSPS) is 17.9. The first-order valence-corrected chi connectivity index (χ1v) is 5.20. The van der Waals surface area contributed by atoms with Gasteiger partial charge in [0.2, 0.25) is 0 Å². The van der Waals surface area contributed by atoms with Gasteiger partial charge in [0.15, 0.2) is 0 Å². The van der Waals surface area contributed by atoms with Gasteiger partial charge in [-0.3, -0.25) is 0 Å². The van der Waals surface area contributed by atoms with Gasteiger partial charge >= 0.3 is 0 Å². The summed E-state index contributed by atoms with van der Waals surface area (Å²) in [6.45, 7) is 0. The molecule has 0 aliphatic heterocycles. The lowest BCUT2D eigenvalue weighted by Gasteiger charge is -2.10. The van der Waals surface area contributed by atoms with Crippen LogP contribution in [0.4, 0.5) is 0 Å². The van der Waals surface area contributed by atoms with E-state index in [0.29, 0.717) is 5.75 Å². The second-order valence-electron chi connectivity index (χ2n) is 4.37. The molecule has 0 heterocycles. The Labute approximate surface area is 88.3 Å². The van der Waals surface area contributed by atoms with Gasteiger partial charge in [-0.2, -0.15) is 0 Å². The van der Waals surface area contributed by atoms with E-state index >= 15 is 0 Å². The summed E-state index contributed by atoms with van der Waals surface area (Å²) in [6.07, 6.45) is 2.10. The van der Waals surface area contributed by atoms with Gasteiger partial charge in [-0.25, -0.2) is 0 Å². The molecule has 1 aliphatic carbocycles. The predicted molar refractivity (Wildman–Crippen MR) is 60.7 cm³/mol. The molecule has 0 radical (unpaired) electrons. The highest BCUT2D eigenvalue weighted by Gasteiger charge is 2.39. The highest BCUT2D eigenvalue weighted by atomic mass is 16.3. The van der Waals surface area contributed by atoms with Crippen LogP contribution < -0.4 is 5.73 Å². The van der Waals surface area contributed by atoms with Crippen molar-refractivity contribution in [1.82, 2.24) is 0 Å². The monoisotopic (exact) mass is 199 g/mol. The number of phenols is 1. The number of nitrogens with two attached hydrogens (primary N) is 1. The van der Waals surface area contributed by atoms with Crippen LogP contribution >= 0.6 is 0 Å². The van der Waals surface area contributed by atoms with Crippen LogP contribution in [-0.4, -0.2) is 5.11 Å². The van der Waals surface area contributed by atoms with Gasteiger partial charge in [0.1, 0.15) is 5.75 Å². The van der Waals surface area contributed by atoms with Crippen molar-refractivity contribution in [3.05, 3.63) is 42.0 Å². The van der Waals surface area contributed by atoms with E-state index in [9.17, 15) is 5.11 Å². The van der Waals surface area contributed by atoms with Crippen molar-refractivity contribution in [2.45, 2.75) is 18.4 Å². The minimum atomic E-state index is -0.129. The molecule has 2 aromatic carbocycles. The molecule has 0 atom stereocenters. The van der Waals surface area contributed by atoms with Crippen molar-refractivity contribution in [1.29, 1.82) is 0 Å². The number of hydrogen-bond acceptors (Lipinski definition) is 2. The zero-order valence-electron chi connectivity index (χ0n) is 8.40. The van der Waals surface area contributed by atoms with Gasteiger partial charge in [0.05, 0.1) is 0 Å². The molecule has 0 unspecified atom stereocenters. The van der Waals surface area contributed by atoms with Crippen molar-refractivity contribution in [3.63, 3.8) is 0 Å². The Morgan fingerprint density at radius 1 is 1.13 bits per heavy atom. The molecule has 0 amide bonds. The highest BCUT2D eigenvalue weighted by Crippen LogP contribution is 2.43. The maximum Gasteiger partial charge on any atom is 0.123 e. The van der Waals surface area contributed by atoms with E-state index in [1.165, 1.54) is 0 Å². The molecule has 0 aromatic heterocycles. The standard InChI is InChI=1S/C13H13NO/c14-13(6-7-13)10-5-4-9-2-1-3-12(15)11(9)8-10/h1-5,8,15H,6-7,14H2. The maximum atomic E-state index is 9.74. The summed E-state index contributed by atoms with van der Waals surface area (Å²) >= 11 is 0. The zero-order chi connectivity index (χ0) is 10.5. The van der Waals surface area contributed by atoms with Crippen LogP contribution in [0.3, 0.4) is 0 Å². The third-order valence-electron chi connectivity index (χ3n) is 3.22. The lowest BCUT2D eigenvalue weighted by atomic mass is 10.0. The van der Waals surface area contributed by atoms with E-state index in [-0.39, 0.29) is 5.54 Å². The van der Waals surface area contributed by atoms with E-state index in [2.05, 4.69) is 6.07 Å². The van der Waals surface area contributed by atoms with Crippen LogP contribution in [0.5, 0.6) is 5.75 Å². The van der Waals surface area contributed by atoms with Crippen LogP contribution in [0.1, 0.15) is 18.4 Å². The number of phenolic OH excluding ortho intramolecular Hbond substituents is 1. The second kappa shape index (κ2) is 2.74. The second-order valence-corrected chi connectivity index (χ2v) is 4.37.